The van der Waals surface area contributed by atoms with Gasteiger partial charge in [-0.1, -0.05) is 60.7 Å². The third-order valence-electron chi connectivity index (χ3n) is 6.68. The van der Waals surface area contributed by atoms with Crippen LogP contribution in [0.5, 0.6) is 0 Å². The van der Waals surface area contributed by atoms with Gasteiger partial charge < -0.3 is 0 Å². The normalized spacial score (nSPS) is 27.5. The summed E-state index contributed by atoms with van der Waals surface area (Å²) >= 11 is 1.31. The molecule has 0 radical (unpaired) electrons. The number of likely N-dealkylation sites (tertiary alicyclic amines) is 1. The van der Waals surface area contributed by atoms with Gasteiger partial charge in [-0.15, -0.1) is 10.2 Å². The molecule has 1 aliphatic heterocycles. The van der Waals surface area contributed by atoms with Crippen LogP contribution in [0.4, 0.5) is 5.13 Å². The lowest BCUT2D eigenvalue weighted by Crippen LogP contribution is -2.49. The fourth-order valence-corrected chi connectivity index (χ4v) is 5.86. The van der Waals surface area contributed by atoms with E-state index in [0.717, 1.165) is 29.8 Å². The highest BCUT2D eigenvalue weighted by molar-refractivity contribution is 7.15. The zero-order valence-electron chi connectivity index (χ0n) is 17.2. The van der Waals surface area contributed by atoms with Gasteiger partial charge in [0.05, 0.1) is 11.8 Å². The number of carbonyl (C=O) groups is 3. The van der Waals surface area contributed by atoms with E-state index in [9.17, 15) is 14.4 Å². The van der Waals surface area contributed by atoms with Gasteiger partial charge >= 0.3 is 0 Å². The Labute approximate surface area is 184 Å². The molecule has 1 N–H and O–H groups in total. The minimum atomic E-state index is -0.915. The molecule has 5 atom stereocenters. The second kappa shape index (κ2) is 8.00. The Bertz CT molecular complexity index is 1020. The van der Waals surface area contributed by atoms with Crippen LogP contribution in [0.2, 0.25) is 0 Å². The largest absolute Gasteiger partial charge is 0.299 e. The van der Waals surface area contributed by atoms with Crippen LogP contribution in [0.3, 0.4) is 0 Å². The standard InChI is InChI=1S/C23H24N4O3S/c1-2-17-25-26-23(31-17)24-20(28)16(12-13-6-4-3-5-7-13)27-21(29)18-14-8-9-15(11-10-14)19(18)22(27)30/h3-9,14-16,18-19H,2,10-12H2,1H3,(H,24,26,28)/t14-,15-,16+,18-,19+/m0/s1. The fourth-order valence-electron chi connectivity index (χ4n) is 5.18. The molecule has 0 unspecified atom stereocenters. The molecule has 1 saturated heterocycles. The Morgan fingerprint density at radius 3 is 2.29 bits per heavy atom. The molecule has 6 rings (SSSR count). The van der Waals surface area contributed by atoms with E-state index in [1.165, 1.54) is 16.2 Å². The molecule has 1 aromatic heterocycles. The van der Waals surface area contributed by atoms with Crippen molar-refractivity contribution in [2.45, 2.75) is 38.6 Å². The van der Waals surface area contributed by atoms with Crippen LogP contribution in [-0.2, 0) is 27.2 Å². The Kier molecular flexibility index (Phi) is 5.17. The average molecular weight is 437 g/mol. The summed E-state index contributed by atoms with van der Waals surface area (Å²) in [5, 5.41) is 12.1. The predicted octanol–water partition coefficient (Wildman–Crippen LogP) is 2.85. The van der Waals surface area contributed by atoms with E-state index >= 15 is 0 Å². The summed E-state index contributed by atoms with van der Waals surface area (Å²) in [6.45, 7) is 1.97. The first-order valence-corrected chi connectivity index (χ1v) is 11.6. The number of hydrogen-bond acceptors (Lipinski definition) is 6. The van der Waals surface area contributed by atoms with E-state index in [1.807, 2.05) is 37.3 Å². The van der Waals surface area contributed by atoms with Gasteiger partial charge in [-0.25, -0.2) is 0 Å². The molecule has 8 heteroatoms. The summed E-state index contributed by atoms with van der Waals surface area (Å²) in [6, 6.07) is 8.57. The monoisotopic (exact) mass is 436 g/mol. The highest BCUT2D eigenvalue weighted by atomic mass is 32.1. The number of nitrogens with one attached hydrogen (secondary N) is 1. The summed E-state index contributed by atoms with van der Waals surface area (Å²) in [7, 11) is 0. The van der Waals surface area contributed by atoms with Crippen molar-refractivity contribution in [2.75, 3.05) is 5.32 Å². The van der Waals surface area contributed by atoms with Gasteiger partial charge in [0, 0.05) is 6.42 Å². The molecular weight excluding hydrogens is 412 g/mol. The zero-order valence-corrected chi connectivity index (χ0v) is 18.0. The maximum atomic E-state index is 13.4. The number of anilines is 1. The Balaban J connectivity index is 1.46. The highest BCUT2D eigenvalue weighted by Crippen LogP contribution is 2.50. The van der Waals surface area contributed by atoms with Crippen molar-refractivity contribution in [3.8, 4) is 0 Å². The van der Waals surface area contributed by atoms with Crippen LogP contribution < -0.4 is 5.32 Å². The molecule has 31 heavy (non-hydrogen) atoms. The number of rotatable bonds is 6. The number of fused-ring (bicyclic) bond motifs is 1. The first-order chi connectivity index (χ1) is 15.1. The maximum absolute atomic E-state index is 13.4. The zero-order chi connectivity index (χ0) is 21.5. The third-order valence-corrected chi connectivity index (χ3v) is 7.66. The van der Waals surface area contributed by atoms with Crippen LogP contribution in [0.25, 0.3) is 0 Å². The van der Waals surface area contributed by atoms with Crippen molar-refractivity contribution in [3.63, 3.8) is 0 Å². The van der Waals surface area contributed by atoms with Gasteiger partial charge in [-0.2, -0.15) is 0 Å². The number of amides is 3. The number of aryl methyl sites for hydroxylation is 1. The van der Waals surface area contributed by atoms with Crippen LogP contribution in [0, 0.1) is 23.7 Å². The van der Waals surface area contributed by atoms with Crippen molar-refractivity contribution in [1.82, 2.24) is 15.1 Å². The van der Waals surface area contributed by atoms with Crippen molar-refractivity contribution >= 4 is 34.2 Å². The van der Waals surface area contributed by atoms with Crippen LogP contribution >= 0.6 is 11.3 Å². The topological polar surface area (TPSA) is 92.3 Å². The molecular formula is C23H24N4O3S. The molecule has 1 aromatic carbocycles. The van der Waals surface area contributed by atoms with Crippen LogP contribution in [0.15, 0.2) is 42.5 Å². The molecule has 0 spiro atoms. The molecule has 2 fully saturated rings. The number of imide groups is 1. The molecule has 160 valence electrons. The highest BCUT2D eigenvalue weighted by Gasteiger charge is 2.58. The second-order valence-electron chi connectivity index (χ2n) is 8.44. The van der Waals surface area contributed by atoms with Gasteiger partial charge in [0.1, 0.15) is 11.0 Å². The molecule has 2 bridgehead atoms. The van der Waals surface area contributed by atoms with E-state index in [1.54, 1.807) is 0 Å². The van der Waals surface area contributed by atoms with Crippen LogP contribution in [0.1, 0.15) is 30.3 Å². The molecule has 2 aromatic rings. The smallest absolute Gasteiger partial charge is 0.249 e. The van der Waals surface area contributed by atoms with E-state index in [0.29, 0.717) is 5.13 Å². The molecule has 2 heterocycles. The van der Waals surface area contributed by atoms with Gasteiger partial charge in [-0.3, -0.25) is 24.6 Å². The van der Waals surface area contributed by atoms with E-state index in [2.05, 4.69) is 27.7 Å². The minimum Gasteiger partial charge on any atom is -0.299 e. The van der Waals surface area contributed by atoms with E-state index < -0.39 is 11.9 Å². The predicted molar refractivity (Wildman–Crippen MR) is 116 cm³/mol. The summed E-state index contributed by atoms with van der Waals surface area (Å²) in [6.07, 6.45) is 7.02. The molecule has 3 amide bonds. The number of hydrogen-bond donors (Lipinski definition) is 1. The molecule has 1 saturated carbocycles. The van der Waals surface area contributed by atoms with E-state index in [4.69, 9.17) is 0 Å². The average Bonchev–Trinajstić information content (AvgIpc) is 3.37. The quantitative estimate of drug-likeness (QED) is 0.555. The summed E-state index contributed by atoms with van der Waals surface area (Å²) in [5.41, 5.74) is 0.894. The van der Waals surface area contributed by atoms with Gasteiger partial charge in [0.15, 0.2) is 0 Å². The van der Waals surface area contributed by atoms with Crippen molar-refractivity contribution in [1.29, 1.82) is 0 Å². The number of allylic oxidation sites excluding steroid dienone is 2. The maximum Gasteiger partial charge on any atom is 0.249 e. The first-order valence-electron chi connectivity index (χ1n) is 10.8. The van der Waals surface area contributed by atoms with Crippen molar-refractivity contribution in [2.24, 2.45) is 23.7 Å². The molecule has 3 aliphatic carbocycles. The molecule has 7 nitrogen and oxygen atoms in total. The lowest BCUT2D eigenvalue weighted by molar-refractivity contribution is -0.146. The van der Waals surface area contributed by atoms with Gasteiger partial charge in [-0.05, 0) is 36.7 Å². The summed E-state index contributed by atoms with van der Waals surface area (Å²) in [5.74, 6) is -1.32. The lowest BCUT2D eigenvalue weighted by atomic mass is 9.63. The van der Waals surface area contributed by atoms with Crippen LogP contribution in [-0.4, -0.2) is 38.9 Å². The number of carbonyl (C=O) groups excluding carboxylic acids is 3. The Hall–Kier alpha value is -2.87. The Morgan fingerprint density at radius 1 is 1.10 bits per heavy atom. The molecule has 4 aliphatic rings. The summed E-state index contributed by atoms with van der Waals surface area (Å²) < 4.78 is 0. The Morgan fingerprint density at radius 2 is 1.74 bits per heavy atom. The number of nitrogens with zero attached hydrogens (tertiary/aromatic N) is 3. The van der Waals surface area contributed by atoms with Gasteiger partial charge in [0.2, 0.25) is 22.9 Å². The van der Waals surface area contributed by atoms with Crippen molar-refractivity contribution < 1.29 is 14.4 Å². The van der Waals surface area contributed by atoms with Gasteiger partial charge in [0.25, 0.3) is 0 Å². The number of benzene rings is 1. The first kappa shape index (κ1) is 20.1. The third kappa shape index (κ3) is 3.48. The lowest BCUT2D eigenvalue weighted by Gasteiger charge is -2.38. The van der Waals surface area contributed by atoms with Crippen molar-refractivity contribution in [3.05, 3.63) is 53.1 Å². The second-order valence-corrected chi connectivity index (χ2v) is 9.50. The SMILES string of the molecule is CCc1nnc(NC(=O)[C@@H](Cc2ccccc2)N2C(=O)[C@@H]3[C@H](C2=O)[C@H]2C=C[C@H]3CC2)s1. The number of aromatic nitrogens is 2. The fraction of sp³-hybridized carbons (Fsp3) is 0.435. The van der Waals surface area contributed by atoms with E-state index in [-0.39, 0.29) is 41.9 Å². The minimum absolute atomic E-state index is 0.0900. The summed E-state index contributed by atoms with van der Waals surface area (Å²) in [4.78, 5) is 41.5.